The van der Waals surface area contributed by atoms with Crippen LogP contribution in [0.3, 0.4) is 0 Å². The van der Waals surface area contributed by atoms with Crippen LogP contribution in [-0.2, 0) is 6.54 Å². The van der Waals surface area contributed by atoms with Crippen LogP contribution in [0.2, 0.25) is 0 Å². The standard InChI is InChI=1S/C13H18BrN/c1-10-5-6-12(13(14)7-10)9-15-8-11-3-2-4-11/h5-7,11,15H,2-4,8-9H2,1H3. The molecule has 2 rings (SSSR count). The van der Waals surface area contributed by atoms with Gasteiger partial charge in [-0.2, -0.15) is 0 Å². The number of benzene rings is 1. The van der Waals surface area contributed by atoms with Crippen molar-refractivity contribution >= 4 is 15.9 Å². The van der Waals surface area contributed by atoms with Gasteiger partial charge in [0.25, 0.3) is 0 Å². The Balaban J connectivity index is 1.81. The van der Waals surface area contributed by atoms with Crippen molar-refractivity contribution < 1.29 is 0 Å². The largest absolute Gasteiger partial charge is 0.312 e. The van der Waals surface area contributed by atoms with Crippen molar-refractivity contribution in [2.75, 3.05) is 6.54 Å². The van der Waals surface area contributed by atoms with Crippen molar-refractivity contribution in [3.63, 3.8) is 0 Å². The van der Waals surface area contributed by atoms with Crippen LogP contribution in [0.4, 0.5) is 0 Å². The molecule has 1 nitrogen and oxygen atoms in total. The molecule has 0 aliphatic heterocycles. The van der Waals surface area contributed by atoms with Gasteiger partial charge < -0.3 is 5.32 Å². The Morgan fingerprint density at radius 2 is 2.20 bits per heavy atom. The number of halogens is 1. The quantitative estimate of drug-likeness (QED) is 0.879. The Hall–Kier alpha value is -0.340. The first-order chi connectivity index (χ1) is 7.25. The summed E-state index contributed by atoms with van der Waals surface area (Å²) in [6, 6.07) is 6.55. The van der Waals surface area contributed by atoms with E-state index in [1.165, 1.54) is 41.4 Å². The minimum Gasteiger partial charge on any atom is -0.312 e. The highest BCUT2D eigenvalue weighted by atomic mass is 79.9. The number of hydrogen-bond acceptors (Lipinski definition) is 1. The molecule has 1 aromatic rings. The maximum absolute atomic E-state index is 3.61. The lowest BCUT2D eigenvalue weighted by atomic mass is 9.85. The average molecular weight is 268 g/mol. The second kappa shape index (κ2) is 5.13. The second-order valence-electron chi connectivity index (χ2n) is 4.52. The van der Waals surface area contributed by atoms with Gasteiger partial charge in [0.15, 0.2) is 0 Å². The lowest BCUT2D eigenvalue weighted by Crippen LogP contribution is -2.26. The third kappa shape index (κ3) is 3.05. The molecule has 1 aliphatic carbocycles. The Kier molecular flexibility index (Phi) is 3.81. The Morgan fingerprint density at radius 1 is 1.40 bits per heavy atom. The van der Waals surface area contributed by atoms with E-state index in [0.717, 1.165) is 12.5 Å². The van der Waals surface area contributed by atoms with Crippen molar-refractivity contribution in [2.24, 2.45) is 5.92 Å². The maximum atomic E-state index is 3.61. The number of aryl methyl sites for hydroxylation is 1. The van der Waals surface area contributed by atoms with Crippen molar-refractivity contribution in [1.29, 1.82) is 0 Å². The lowest BCUT2D eigenvalue weighted by Gasteiger charge is -2.25. The topological polar surface area (TPSA) is 12.0 Å². The van der Waals surface area contributed by atoms with E-state index >= 15 is 0 Å². The number of rotatable bonds is 4. The summed E-state index contributed by atoms with van der Waals surface area (Å²) in [5.74, 6) is 0.939. The molecule has 1 aliphatic rings. The van der Waals surface area contributed by atoms with Gasteiger partial charge in [-0.15, -0.1) is 0 Å². The zero-order valence-corrected chi connectivity index (χ0v) is 10.8. The van der Waals surface area contributed by atoms with Gasteiger partial charge in [-0.25, -0.2) is 0 Å². The summed E-state index contributed by atoms with van der Waals surface area (Å²) in [5.41, 5.74) is 2.67. The molecule has 2 heteroatoms. The summed E-state index contributed by atoms with van der Waals surface area (Å²) in [4.78, 5) is 0. The predicted molar refractivity (Wildman–Crippen MR) is 67.9 cm³/mol. The summed E-state index contributed by atoms with van der Waals surface area (Å²) < 4.78 is 1.23. The van der Waals surface area contributed by atoms with E-state index in [0.29, 0.717) is 0 Å². The number of hydrogen-bond donors (Lipinski definition) is 1. The molecule has 1 saturated carbocycles. The number of nitrogens with one attached hydrogen (secondary N) is 1. The fraction of sp³-hybridized carbons (Fsp3) is 0.538. The SMILES string of the molecule is Cc1ccc(CNCC2CCC2)c(Br)c1. The van der Waals surface area contributed by atoms with Gasteiger partial charge in [0, 0.05) is 11.0 Å². The Labute approximate surface area is 100 Å². The first-order valence-corrected chi connectivity index (χ1v) is 6.51. The highest BCUT2D eigenvalue weighted by Crippen LogP contribution is 2.25. The molecule has 0 atom stereocenters. The fourth-order valence-corrected chi connectivity index (χ4v) is 2.54. The van der Waals surface area contributed by atoms with Crippen LogP contribution in [0.25, 0.3) is 0 Å². The molecular formula is C13H18BrN. The minimum atomic E-state index is 0.939. The van der Waals surface area contributed by atoms with Crippen molar-refractivity contribution in [3.8, 4) is 0 Å². The molecule has 1 N–H and O–H groups in total. The normalized spacial score (nSPS) is 16.4. The monoisotopic (exact) mass is 267 g/mol. The van der Waals surface area contributed by atoms with Crippen LogP contribution in [0.1, 0.15) is 30.4 Å². The molecule has 0 bridgehead atoms. The first-order valence-electron chi connectivity index (χ1n) is 5.71. The lowest BCUT2D eigenvalue weighted by molar-refractivity contribution is 0.301. The summed E-state index contributed by atoms with van der Waals surface area (Å²) in [6.07, 6.45) is 4.27. The third-order valence-corrected chi connectivity index (χ3v) is 3.92. The smallest absolute Gasteiger partial charge is 0.0222 e. The highest BCUT2D eigenvalue weighted by Gasteiger charge is 2.16. The molecule has 0 amide bonds. The molecule has 0 aromatic heterocycles. The predicted octanol–water partition coefficient (Wildman–Crippen LogP) is 3.65. The summed E-state index contributed by atoms with van der Waals surface area (Å²) in [6.45, 7) is 4.29. The van der Waals surface area contributed by atoms with Gasteiger partial charge in [-0.1, -0.05) is 34.5 Å². The fourth-order valence-electron chi connectivity index (χ4n) is 1.90. The summed E-state index contributed by atoms with van der Waals surface area (Å²) in [7, 11) is 0. The molecule has 15 heavy (non-hydrogen) atoms. The van der Waals surface area contributed by atoms with E-state index in [1.54, 1.807) is 0 Å². The molecule has 82 valence electrons. The van der Waals surface area contributed by atoms with Gasteiger partial charge in [0.1, 0.15) is 0 Å². The van der Waals surface area contributed by atoms with Gasteiger partial charge in [-0.3, -0.25) is 0 Å². The van der Waals surface area contributed by atoms with E-state index in [-0.39, 0.29) is 0 Å². The van der Waals surface area contributed by atoms with Crippen molar-refractivity contribution in [1.82, 2.24) is 5.32 Å². The zero-order chi connectivity index (χ0) is 10.7. The van der Waals surface area contributed by atoms with Crippen molar-refractivity contribution in [3.05, 3.63) is 33.8 Å². The second-order valence-corrected chi connectivity index (χ2v) is 5.38. The summed E-state index contributed by atoms with van der Waals surface area (Å²) >= 11 is 3.61. The maximum Gasteiger partial charge on any atom is 0.0222 e. The van der Waals surface area contributed by atoms with Gasteiger partial charge in [-0.05, 0) is 49.4 Å². The van der Waals surface area contributed by atoms with E-state index in [9.17, 15) is 0 Å². The van der Waals surface area contributed by atoms with Crippen LogP contribution < -0.4 is 5.32 Å². The van der Waals surface area contributed by atoms with Crippen LogP contribution in [0.15, 0.2) is 22.7 Å². The Bertz CT molecular complexity index is 331. The van der Waals surface area contributed by atoms with Gasteiger partial charge >= 0.3 is 0 Å². The van der Waals surface area contributed by atoms with E-state index < -0.39 is 0 Å². The molecule has 1 aromatic carbocycles. The van der Waals surface area contributed by atoms with Crippen LogP contribution in [0, 0.1) is 12.8 Å². The molecule has 0 radical (unpaired) electrons. The first kappa shape index (κ1) is 11.2. The molecule has 0 unspecified atom stereocenters. The molecule has 0 saturated heterocycles. The molecular weight excluding hydrogens is 250 g/mol. The third-order valence-electron chi connectivity index (χ3n) is 3.18. The van der Waals surface area contributed by atoms with E-state index in [2.05, 4.69) is 46.4 Å². The minimum absolute atomic E-state index is 0.939. The average Bonchev–Trinajstić information content (AvgIpc) is 2.12. The summed E-state index contributed by atoms with van der Waals surface area (Å²) in [5, 5.41) is 3.53. The van der Waals surface area contributed by atoms with Gasteiger partial charge in [0.05, 0.1) is 0 Å². The van der Waals surface area contributed by atoms with Gasteiger partial charge in [0.2, 0.25) is 0 Å². The van der Waals surface area contributed by atoms with E-state index in [1.807, 2.05) is 0 Å². The highest BCUT2D eigenvalue weighted by molar-refractivity contribution is 9.10. The molecule has 1 fully saturated rings. The van der Waals surface area contributed by atoms with Crippen LogP contribution in [-0.4, -0.2) is 6.54 Å². The Morgan fingerprint density at radius 3 is 2.80 bits per heavy atom. The van der Waals surface area contributed by atoms with Crippen LogP contribution >= 0.6 is 15.9 Å². The molecule has 0 heterocycles. The zero-order valence-electron chi connectivity index (χ0n) is 9.22. The van der Waals surface area contributed by atoms with E-state index in [4.69, 9.17) is 0 Å². The molecule has 0 spiro atoms. The van der Waals surface area contributed by atoms with Crippen LogP contribution in [0.5, 0.6) is 0 Å². The van der Waals surface area contributed by atoms with Crippen molar-refractivity contribution in [2.45, 2.75) is 32.7 Å².